The summed E-state index contributed by atoms with van der Waals surface area (Å²) >= 11 is 12.3. The molecule has 1 heterocycles. The van der Waals surface area contributed by atoms with Crippen molar-refractivity contribution >= 4 is 46.6 Å². The van der Waals surface area contributed by atoms with E-state index in [1.165, 1.54) is 4.90 Å². The van der Waals surface area contributed by atoms with Crippen LogP contribution in [0, 0.1) is 0 Å². The molecule has 0 unspecified atom stereocenters. The molecule has 1 aromatic heterocycles. The van der Waals surface area contributed by atoms with E-state index in [1.54, 1.807) is 47.1 Å². The van der Waals surface area contributed by atoms with Crippen LogP contribution in [0.3, 0.4) is 0 Å². The Labute approximate surface area is 221 Å². The molecule has 0 atom stereocenters. The lowest BCUT2D eigenvalue weighted by Crippen LogP contribution is -2.40. The molecule has 0 bridgehead atoms. The van der Waals surface area contributed by atoms with Crippen LogP contribution in [0.1, 0.15) is 40.3 Å². The standard InChI is InChI=1S/C26H31Cl2N5O3/c1-6-32(25(35)29-17-8-11-19(12-9-17)36-7-2)16-24(34)30-23-15-22(26(3,4)5)31-33(23)18-10-13-20(27)21(28)14-18/h8-15H,6-7,16H2,1-5H3,(H,29,35)(H,30,34). The molecule has 8 nitrogen and oxygen atoms in total. The fourth-order valence-corrected chi connectivity index (χ4v) is 3.63. The molecule has 192 valence electrons. The highest BCUT2D eigenvalue weighted by Crippen LogP contribution is 2.29. The molecular formula is C26H31Cl2N5O3. The normalized spacial score (nSPS) is 11.2. The number of nitrogens with zero attached hydrogens (tertiary/aromatic N) is 3. The van der Waals surface area contributed by atoms with E-state index in [9.17, 15) is 9.59 Å². The zero-order chi connectivity index (χ0) is 26.5. The highest BCUT2D eigenvalue weighted by atomic mass is 35.5. The maximum Gasteiger partial charge on any atom is 0.322 e. The molecule has 3 aromatic rings. The van der Waals surface area contributed by atoms with Crippen molar-refractivity contribution in [2.75, 3.05) is 30.3 Å². The molecule has 2 aromatic carbocycles. The predicted octanol–water partition coefficient (Wildman–Crippen LogP) is 6.37. The number of ether oxygens (including phenoxy) is 1. The number of benzene rings is 2. The lowest BCUT2D eigenvalue weighted by molar-refractivity contribution is -0.116. The van der Waals surface area contributed by atoms with Crippen molar-refractivity contribution in [2.24, 2.45) is 0 Å². The number of hydrogen-bond acceptors (Lipinski definition) is 4. The molecule has 0 radical (unpaired) electrons. The average molecular weight is 532 g/mol. The number of nitrogens with one attached hydrogen (secondary N) is 2. The highest BCUT2D eigenvalue weighted by molar-refractivity contribution is 6.42. The SMILES string of the molecule is CCOc1ccc(NC(=O)N(CC)CC(=O)Nc2cc(C(C)(C)C)nn2-c2ccc(Cl)c(Cl)c2)cc1. The van der Waals surface area contributed by atoms with Crippen LogP contribution in [0.2, 0.25) is 10.0 Å². The Bertz CT molecular complexity index is 1220. The summed E-state index contributed by atoms with van der Waals surface area (Å²) in [5.74, 6) is 0.821. The maximum atomic E-state index is 13.0. The van der Waals surface area contributed by atoms with Gasteiger partial charge in [-0.2, -0.15) is 5.10 Å². The van der Waals surface area contributed by atoms with Gasteiger partial charge < -0.3 is 20.3 Å². The first-order chi connectivity index (χ1) is 17.0. The number of hydrogen-bond donors (Lipinski definition) is 2. The number of rotatable bonds is 8. The second-order valence-corrected chi connectivity index (χ2v) is 9.94. The van der Waals surface area contributed by atoms with Gasteiger partial charge >= 0.3 is 6.03 Å². The molecule has 0 fully saturated rings. The van der Waals surface area contributed by atoms with Crippen LogP contribution in [0.25, 0.3) is 5.69 Å². The van der Waals surface area contributed by atoms with Gasteiger partial charge in [0.1, 0.15) is 18.1 Å². The van der Waals surface area contributed by atoms with Crippen LogP contribution in [-0.4, -0.2) is 46.3 Å². The van der Waals surface area contributed by atoms with Gasteiger partial charge in [0.2, 0.25) is 5.91 Å². The van der Waals surface area contributed by atoms with Gasteiger partial charge in [-0.3, -0.25) is 4.79 Å². The van der Waals surface area contributed by atoms with Crippen LogP contribution < -0.4 is 15.4 Å². The summed E-state index contributed by atoms with van der Waals surface area (Å²) in [6.45, 7) is 10.6. The Morgan fingerprint density at radius 1 is 1.00 bits per heavy atom. The summed E-state index contributed by atoms with van der Waals surface area (Å²) in [6.07, 6.45) is 0. The zero-order valence-electron chi connectivity index (χ0n) is 21.1. The Kier molecular flexibility index (Phi) is 8.87. The number of aromatic nitrogens is 2. The fraction of sp³-hybridized carbons (Fsp3) is 0.346. The minimum atomic E-state index is -0.384. The topological polar surface area (TPSA) is 88.5 Å². The number of amides is 3. The van der Waals surface area contributed by atoms with Crippen molar-refractivity contribution < 1.29 is 14.3 Å². The summed E-state index contributed by atoms with van der Waals surface area (Å²) in [7, 11) is 0. The van der Waals surface area contributed by atoms with Crippen LogP contribution in [-0.2, 0) is 10.2 Å². The van der Waals surface area contributed by atoms with Gasteiger partial charge in [0.15, 0.2) is 0 Å². The number of urea groups is 1. The third-order valence-corrected chi connectivity index (χ3v) is 6.05. The van der Waals surface area contributed by atoms with Crippen molar-refractivity contribution in [3.63, 3.8) is 0 Å². The van der Waals surface area contributed by atoms with E-state index >= 15 is 0 Å². The van der Waals surface area contributed by atoms with Gasteiger partial charge in [-0.1, -0.05) is 44.0 Å². The fourth-order valence-electron chi connectivity index (χ4n) is 3.34. The van der Waals surface area contributed by atoms with E-state index < -0.39 is 0 Å². The Hall–Kier alpha value is -3.23. The number of carbonyl (C=O) groups is 2. The summed E-state index contributed by atoms with van der Waals surface area (Å²) in [5.41, 5.74) is 1.78. The largest absolute Gasteiger partial charge is 0.494 e. The monoisotopic (exact) mass is 531 g/mol. The van der Waals surface area contributed by atoms with Gasteiger partial charge in [0.05, 0.1) is 28.0 Å². The van der Waals surface area contributed by atoms with Crippen molar-refractivity contribution in [3.05, 3.63) is 64.3 Å². The first-order valence-electron chi connectivity index (χ1n) is 11.7. The molecule has 36 heavy (non-hydrogen) atoms. The van der Waals surface area contributed by atoms with Crippen LogP contribution >= 0.6 is 23.2 Å². The van der Waals surface area contributed by atoms with E-state index in [2.05, 4.69) is 15.7 Å². The molecule has 0 spiro atoms. The molecule has 0 saturated heterocycles. The van der Waals surface area contributed by atoms with E-state index in [0.29, 0.717) is 40.4 Å². The smallest absolute Gasteiger partial charge is 0.322 e. The van der Waals surface area contributed by atoms with E-state index in [1.807, 2.05) is 40.7 Å². The molecule has 0 saturated carbocycles. The Morgan fingerprint density at radius 2 is 1.69 bits per heavy atom. The summed E-state index contributed by atoms with van der Waals surface area (Å²) in [4.78, 5) is 27.2. The third kappa shape index (κ3) is 6.92. The third-order valence-electron chi connectivity index (χ3n) is 5.31. The molecular weight excluding hydrogens is 501 g/mol. The van der Waals surface area contributed by atoms with Crippen molar-refractivity contribution in [2.45, 2.75) is 40.0 Å². The second-order valence-electron chi connectivity index (χ2n) is 9.12. The number of halogens is 2. The molecule has 10 heteroatoms. The molecule has 0 aliphatic heterocycles. The highest BCUT2D eigenvalue weighted by Gasteiger charge is 2.23. The summed E-state index contributed by atoms with van der Waals surface area (Å²) in [6, 6.07) is 13.6. The van der Waals surface area contributed by atoms with E-state index in [-0.39, 0.29) is 23.9 Å². The number of anilines is 2. The molecule has 3 rings (SSSR count). The number of carbonyl (C=O) groups excluding carboxylic acids is 2. The van der Waals surface area contributed by atoms with Crippen LogP contribution in [0.5, 0.6) is 5.75 Å². The first kappa shape index (κ1) is 27.4. The molecule has 3 amide bonds. The van der Waals surface area contributed by atoms with Crippen molar-refractivity contribution in [1.29, 1.82) is 0 Å². The first-order valence-corrected chi connectivity index (χ1v) is 12.4. The average Bonchev–Trinajstić information content (AvgIpc) is 3.25. The lowest BCUT2D eigenvalue weighted by atomic mass is 9.92. The minimum Gasteiger partial charge on any atom is -0.494 e. The summed E-state index contributed by atoms with van der Waals surface area (Å²) in [5, 5.41) is 11.2. The molecule has 2 N–H and O–H groups in total. The molecule has 0 aliphatic carbocycles. The minimum absolute atomic E-state index is 0.142. The van der Waals surface area contributed by atoms with Crippen LogP contribution in [0.4, 0.5) is 16.3 Å². The zero-order valence-corrected chi connectivity index (χ0v) is 22.6. The van der Waals surface area contributed by atoms with Crippen molar-refractivity contribution in [3.8, 4) is 11.4 Å². The van der Waals surface area contributed by atoms with Gasteiger partial charge in [0, 0.05) is 23.7 Å². The van der Waals surface area contributed by atoms with Crippen LogP contribution in [0.15, 0.2) is 48.5 Å². The number of likely N-dealkylation sites (N-methyl/N-ethyl adjacent to an activating group) is 1. The maximum absolute atomic E-state index is 13.0. The predicted molar refractivity (Wildman–Crippen MR) is 145 cm³/mol. The van der Waals surface area contributed by atoms with Gasteiger partial charge in [-0.05, 0) is 56.3 Å². The summed E-state index contributed by atoms with van der Waals surface area (Å²) < 4.78 is 7.03. The van der Waals surface area contributed by atoms with Gasteiger partial charge in [-0.25, -0.2) is 9.48 Å². The van der Waals surface area contributed by atoms with Gasteiger partial charge in [-0.15, -0.1) is 0 Å². The Morgan fingerprint density at radius 3 is 2.28 bits per heavy atom. The van der Waals surface area contributed by atoms with Gasteiger partial charge in [0.25, 0.3) is 0 Å². The van der Waals surface area contributed by atoms with E-state index in [0.717, 1.165) is 11.4 Å². The Balaban J connectivity index is 1.75. The quantitative estimate of drug-likeness (QED) is 0.353. The molecule has 0 aliphatic rings. The lowest BCUT2D eigenvalue weighted by Gasteiger charge is -2.21. The van der Waals surface area contributed by atoms with E-state index in [4.69, 9.17) is 27.9 Å². The van der Waals surface area contributed by atoms with Crippen molar-refractivity contribution in [1.82, 2.24) is 14.7 Å². The second kappa shape index (κ2) is 11.7.